The minimum absolute atomic E-state index is 0.0446. The van der Waals surface area contributed by atoms with Crippen molar-refractivity contribution in [2.45, 2.75) is 38.8 Å². The zero-order valence-corrected chi connectivity index (χ0v) is 17.6. The average molecular weight is 433 g/mol. The van der Waals surface area contributed by atoms with Crippen LogP contribution in [-0.2, 0) is 11.3 Å². The number of rotatable bonds is 6. The van der Waals surface area contributed by atoms with Crippen LogP contribution < -0.4 is 0 Å². The van der Waals surface area contributed by atoms with Crippen molar-refractivity contribution in [2.24, 2.45) is 5.10 Å². The largest absolute Gasteiger partial charge is 0.273 e. The summed E-state index contributed by atoms with van der Waals surface area (Å²) < 4.78 is 29.8. The minimum atomic E-state index is -0.638. The molecule has 0 radical (unpaired) electrons. The van der Waals surface area contributed by atoms with E-state index < -0.39 is 17.7 Å². The van der Waals surface area contributed by atoms with Gasteiger partial charge in [-0.3, -0.25) is 9.48 Å². The normalized spacial score (nSPS) is 15.3. The number of benzene rings is 2. The van der Waals surface area contributed by atoms with E-state index in [4.69, 9.17) is 5.26 Å². The van der Waals surface area contributed by atoms with E-state index >= 15 is 0 Å². The zero-order chi connectivity index (χ0) is 22.8. The van der Waals surface area contributed by atoms with E-state index in [1.54, 1.807) is 29.2 Å². The highest BCUT2D eigenvalue weighted by molar-refractivity contribution is 5.81. The summed E-state index contributed by atoms with van der Waals surface area (Å²) in [4.78, 5) is 12.8. The van der Waals surface area contributed by atoms with E-state index in [1.165, 1.54) is 24.1 Å². The quantitative estimate of drug-likeness (QED) is 0.525. The first-order chi connectivity index (χ1) is 15.4. The molecule has 0 fully saturated rings. The number of carbonyl (C=O) groups excluding carboxylic acids is 1. The number of hydrazone groups is 1. The summed E-state index contributed by atoms with van der Waals surface area (Å²) >= 11 is 0. The molecule has 1 unspecified atom stereocenters. The Morgan fingerprint density at radius 3 is 2.72 bits per heavy atom. The van der Waals surface area contributed by atoms with Crippen LogP contribution in [0.1, 0.15) is 42.0 Å². The maximum absolute atomic E-state index is 14.0. The van der Waals surface area contributed by atoms with Gasteiger partial charge in [0.15, 0.2) is 0 Å². The van der Waals surface area contributed by atoms with Crippen LogP contribution in [0.4, 0.5) is 8.78 Å². The van der Waals surface area contributed by atoms with Gasteiger partial charge in [0.1, 0.15) is 11.6 Å². The number of allylic oxidation sites excluding steroid dienone is 1. The SMILES string of the molecule is C=C(CCC(=O)N1N=CCC1c1cc(F)c(C)c(F)c1)Cn1ncc2cc(C#N)ccc21. The molecular formula is C24H21F2N5O. The van der Waals surface area contributed by atoms with Gasteiger partial charge in [-0.2, -0.15) is 15.5 Å². The van der Waals surface area contributed by atoms with Crippen LogP contribution in [0, 0.1) is 29.9 Å². The molecule has 6 nitrogen and oxygen atoms in total. The molecule has 3 aromatic rings. The van der Waals surface area contributed by atoms with Gasteiger partial charge in [-0.1, -0.05) is 12.2 Å². The van der Waals surface area contributed by atoms with Crippen molar-refractivity contribution in [1.82, 2.24) is 14.8 Å². The fourth-order valence-corrected chi connectivity index (χ4v) is 3.76. The molecule has 2 aromatic carbocycles. The summed E-state index contributed by atoms with van der Waals surface area (Å²) in [7, 11) is 0. The Morgan fingerprint density at radius 1 is 1.25 bits per heavy atom. The van der Waals surface area contributed by atoms with Crippen molar-refractivity contribution < 1.29 is 13.6 Å². The lowest BCUT2D eigenvalue weighted by Gasteiger charge is -2.23. The number of nitriles is 1. The molecule has 0 bridgehead atoms. The number of halogens is 2. The second kappa shape index (κ2) is 8.71. The summed E-state index contributed by atoms with van der Waals surface area (Å²) in [6, 6.07) is 9.44. The zero-order valence-electron chi connectivity index (χ0n) is 17.6. The van der Waals surface area contributed by atoms with Gasteiger partial charge >= 0.3 is 0 Å². The third-order valence-electron chi connectivity index (χ3n) is 5.61. The summed E-state index contributed by atoms with van der Waals surface area (Å²) in [5, 5.41) is 19.6. The molecule has 1 atom stereocenters. The number of fused-ring (bicyclic) bond motifs is 1. The fourth-order valence-electron chi connectivity index (χ4n) is 3.76. The van der Waals surface area contributed by atoms with Crippen LogP contribution in [0.25, 0.3) is 10.9 Å². The molecular weight excluding hydrogens is 412 g/mol. The molecule has 0 aliphatic carbocycles. The number of carbonyl (C=O) groups is 1. The standard InChI is InChI=1S/C24H21F2N5O/c1-15(14-30-22-5-4-17(12-27)9-19(22)13-29-30)3-6-24(32)31-23(7-8-28-31)18-10-20(25)16(2)21(26)11-18/h4-5,8-11,13,23H,1,3,6-7,14H2,2H3. The van der Waals surface area contributed by atoms with Crippen molar-refractivity contribution in [3.8, 4) is 6.07 Å². The monoisotopic (exact) mass is 433 g/mol. The third kappa shape index (κ3) is 4.14. The van der Waals surface area contributed by atoms with Crippen molar-refractivity contribution in [3.63, 3.8) is 0 Å². The van der Waals surface area contributed by atoms with Gasteiger partial charge < -0.3 is 0 Å². The lowest BCUT2D eigenvalue weighted by atomic mass is 10.0. The summed E-state index contributed by atoms with van der Waals surface area (Å²) in [5.41, 5.74) is 2.59. The van der Waals surface area contributed by atoms with E-state index in [0.29, 0.717) is 30.5 Å². The van der Waals surface area contributed by atoms with Gasteiger partial charge in [-0.05, 0) is 49.2 Å². The van der Waals surface area contributed by atoms with Crippen molar-refractivity contribution in [2.75, 3.05) is 0 Å². The van der Waals surface area contributed by atoms with Gasteiger partial charge in [0.05, 0.1) is 35.9 Å². The summed E-state index contributed by atoms with van der Waals surface area (Å²) in [5.74, 6) is -1.52. The molecule has 4 rings (SSSR count). The molecule has 0 N–H and O–H groups in total. The van der Waals surface area contributed by atoms with Crippen molar-refractivity contribution >= 4 is 23.0 Å². The minimum Gasteiger partial charge on any atom is -0.273 e. The molecule has 1 aliphatic rings. The van der Waals surface area contributed by atoms with Crippen LogP contribution in [0.15, 0.2) is 53.8 Å². The maximum atomic E-state index is 14.0. The maximum Gasteiger partial charge on any atom is 0.243 e. The first-order valence-electron chi connectivity index (χ1n) is 10.2. The highest BCUT2D eigenvalue weighted by atomic mass is 19.1. The van der Waals surface area contributed by atoms with E-state index in [2.05, 4.69) is 22.8 Å². The predicted octanol–water partition coefficient (Wildman–Crippen LogP) is 4.79. The van der Waals surface area contributed by atoms with Crippen LogP contribution in [0.3, 0.4) is 0 Å². The Morgan fingerprint density at radius 2 is 2.00 bits per heavy atom. The lowest BCUT2D eigenvalue weighted by molar-refractivity contribution is -0.133. The molecule has 2 heterocycles. The van der Waals surface area contributed by atoms with Crippen LogP contribution in [0.5, 0.6) is 0 Å². The van der Waals surface area contributed by atoms with Crippen LogP contribution >= 0.6 is 0 Å². The Bertz CT molecular complexity index is 1260. The van der Waals surface area contributed by atoms with E-state index in [9.17, 15) is 13.6 Å². The molecule has 1 aliphatic heterocycles. The second-order valence-corrected chi connectivity index (χ2v) is 7.84. The van der Waals surface area contributed by atoms with Gasteiger partial charge in [-0.15, -0.1) is 0 Å². The van der Waals surface area contributed by atoms with E-state index in [0.717, 1.165) is 16.5 Å². The lowest BCUT2D eigenvalue weighted by Crippen LogP contribution is -2.27. The first-order valence-corrected chi connectivity index (χ1v) is 10.2. The summed E-state index contributed by atoms with van der Waals surface area (Å²) in [6.07, 6.45) is 4.27. The Hall–Kier alpha value is -3.86. The molecule has 32 heavy (non-hydrogen) atoms. The van der Waals surface area contributed by atoms with E-state index in [1.807, 2.05) is 6.07 Å². The molecule has 1 amide bonds. The highest BCUT2D eigenvalue weighted by Gasteiger charge is 2.29. The molecule has 1 aromatic heterocycles. The Labute approximate surface area is 184 Å². The molecule has 0 spiro atoms. The fraction of sp³-hybridized carbons (Fsp3) is 0.250. The van der Waals surface area contributed by atoms with Crippen LogP contribution in [-0.4, -0.2) is 26.9 Å². The molecule has 8 heteroatoms. The molecule has 0 saturated carbocycles. The number of nitrogens with zero attached hydrogens (tertiary/aromatic N) is 5. The first kappa shape index (κ1) is 21.4. The van der Waals surface area contributed by atoms with Crippen molar-refractivity contribution in [3.05, 3.63) is 77.0 Å². The Balaban J connectivity index is 1.39. The number of amides is 1. The van der Waals surface area contributed by atoms with Gasteiger partial charge in [-0.25, -0.2) is 13.8 Å². The third-order valence-corrected chi connectivity index (χ3v) is 5.61. The van der Waals surface area contributed by atoms with Gasteiger partial charge in [0.25, 0.3) is 0 Å². The van der Waals surface area contributed by atoms with Gasteiger partial charge in [0.2, 0.25) is 5.91 Å². The smallest absolute Gasteiger partial charge is 0.243 e. The van der Waals surface area contributed by atoms with Gasteiger partial charge in [0, 0.05) is 30.0 Å². The van der Waals surface area contributed by atoms with Crippen molar-refractivity contribution in [1.29, 1.82) is 5.26 Å². The van der Waals surface area contributed by atoms with Crippen LogP contribution in [0.2, 0.25) is 0 Å². The molecule has 0 saturated heterocycles. The second-order valence-electron chi connectivity index (χ2n) is 7.84. The topological polar surface area (TPSA) is 74.3 Å². The number of aromatic nitrogens is 2. The van der Waals surface area contributed by atoms with E-state index in [-0.39, 0.29) is 17.9 Å². The average Bonchev–Trinajstić information content (AvgIpc) is 3.42. The predicted molar refractivity (Wildman–Crippen MR) is 117 cm³/mol. The highest BCUT2D eigenvalue weighted by Crippen LogP contribution is 2.31. The number of hydrogen-bond donors (Lipinski definition) is 0. The number of hydrogen-bond acceptors (Lipinski definition) is 4. The summed E-state index contributed by atoms with van der Waals surface area (Å²) in [6.45, 7) is 5.87. The Kier molecular flexibility index (Phi) is 5.82. The molecule has 162 valence electrons.